The number of carbonyl (C=O) groups excluding carboxylic acids is 1. The van der Waals surface area contributed by atoms with Crippen LogP contribution >= 0.6 is 11.6 Å². The van der Waals surface area contributed by atoms with Crippen molar-refractivity contribution in [2.24, 2.45) is 5.92 Å². The first-order valence-corrected chi connectivity index (χ1v) is 7.19. The smallest absolute Gasteiger partial charge is 0.323 e. The van der Waals surface area contributed by atoms with Crippen molar-refractivity contribution < 1.29 is 19.4 Å². The van der Waals surface area contributed by atoms with Gasteiger partial charge in [0.2, 0.25) is 0 Å². The number of esters is 1. The molecule has 1 rings (SSSR count). The number of ether oxygens (including phenoxy) is 2. The zero-order valence-electron chi connectivity index (χ0n) is 12.5. The van der Waals surface area contributed by atoms with Gasteiger partial charge in [-0.25, -0.2) is 0 Å². The van der Waals surface area contributed by atoms with Gasteiger partial charge in [-0.15, -0.1) is 0 Å². The van der Waals surface area contributed by atoms with Crippen LogP contribution in [0.25, 0.3) is 0 Å². The van der Waals surface area contributed by atoms with Gasteiger partial charge in [-0.3, -0.25) is 4.79 Å². The summed E-state index contributed by atoms with van der Waals surface area (Å²) < 4.78 is 10.2. The highest BCUT2D eigenvalue weighted by molar-refractivity contribution is 6.30. The van der Waals surface area contributed by atoms with Crippen molar-refractivity contribution in [3.8, 4) is 5.75 Å². The number of benzene rings is 1. The van der Waals surface area contributed by atoms with Gasteiger partial charge in [0.15, 0.2) is 0 Å². The standard InChI is InChI=1S/C15H22ClNO4/c1-10(2)14(15(19)20-3)17-8-12(18)9-21-13-6-4-5-11(16)7-13/h4-7,10,12,14,17-18H,8-9H2,1-3H3. The predicted molar refractivity (Wildman–Crippen MR) is 81.6 cm³/mol. The van der Waals surface area contributed by atoms with Gasteiger partial charge in [0, 0.05) is 11.6 Å². The number of aliphatic hydroxyl groups excluding tert-OH is 1. The van der Waals surface area contributed by atoms with E-state index >= 15 is 0 Å². The molecule has 1 aromatic carbocycles. The molecule has 0 saturated heterocycles. The second-order valence-electron chi connectivity index (χ2n) is 5.08. The van der Waals surface area contributed by atoms with Crippen LogP contribution in [0, 0.1) is 5.92 Å². The third-order valence-corrected chi connectivity index (χ3v) is 3.17. The molecule has 2 unspecified atom stereocenters. The fourth-order valence-corrected chi connectivity index (χ4v) is 1.97. The minimum atomic E-state index is -0.741. The van der Waals surface area contributed by atoms with E-state index in [-0.39, 0.29) is 25.0 Å². The Kier molecular flexibility index (Phi) is 7.50. The maximum atomic E-state index is 11.6. The van der Waals surface area contributed by atoms with Gasteiger partial charge >= 0.3 is 5.97 Å². The minimum Gasteiger partial charge on any atom is -0.491 e. The van der Waals surface area contributed by atoms with Crippen molar-refractivity contribution in [1.82, 2.24) is 5.32 Å². The fraction of sp³-hybridized carbons (Fsp3) is 0.533. The molecule has 0 aromatic heterocycles. The average molecular weight is 316 g/mol. The van der Waals surface area contributed by atoms with E-state index in [0.29, 0.717) is 10.8 Å². The summed E-state index contributed by atoms with van der Waals surface area (Å²) in [7, 11) is 1.35. The molecule has 5 nitrogen and oxygen atoms in total. The van der Waals surface area contributed by atoms with Crippen LogP contribution in [-0.4, -0.2) is 43.5 Å². The van der Waals surface area contributed by atoms with E-state index in [2.05, 4.69) is 5.32 Å². The molecule has 0 saturated carbocycles. The highest BCUT2D eigenvalue weighted by Gasteiger charge is 2.23. The normalized spacial score (nSPS) is 13.8. The maximum Gasteiger partial charge on any atom is 0.323 e. The second kappa shape index (κ2) is 8.87. The number of hydrogen-bond acceptors (Lipinski definition) is 5. The van der Waals surface area contributed by atoms with E-state index in [1.807, 2.05) is 13.8 Å². The molecule has 0 heterocycles. The van der Waals surface area contributed by atoms with Crippen LogP contribution in [0.5, 0.6) is 5.75 Å². The molecule has 118 valence electrons. The highest BCUT2D eigenvalue weighted by Crippen LogP contribution is 2.17. The van der Waals surface area contributed by atoms with Crippen LogP contribution in [0.2, 0.25) is 5.02 Å². The molecule has 21 heavy (non-hydrogen) atoms. The molecular weight excluding hydrogens is 294 g/mol. The molecule has 0 aliphatic rings. The zero-order valence-corrected chi connectivity index (χ0v) is 13.3. The lowest BCUT2D eigenvalue weighted by atomic mass is 10.0. The fourth-order valence-electron chi connectivity index (χ4n) is 1.79. The summed E-state index contributed by atoms with van der Waals surface area (Å²) >= 11 is 5.84. The number of hydrogen-bond donors (Lipinski definition) is 2. The van der Waals surface area contributed by atoms with Crippen LogP contribution in [-0.2, 0) is 9.53 Å². The van der Waals surface area contributed by atoms with E-state index in [4.69, 9.17) is 21.1 Å². The molecule has 6 heteroatoms. The topological polar surface area (TPSA) is 67.8 Å². The lowest BCUT2D eigenvalue weighted by molar-refractivity contribution is -0.144. The van der Waals surface area contributed by atoms with Crippen molar-refractivity contribution in [3.05, 3.63) is 29.3 Å². The Morgan fingerprint density at radius 3 is 2.71 bits per heavy atom. The Labute approximate surface area is 130 Å². The number of methoxy groups -OCH3 is 1. The molecule has 1 aromatic rings. The number of halogens is 1. The summed E-state index contributed by atoms with van der Waals surface area (Å²) in [5.74, 6) is 0.321. The average Bonchev–Trinajstić information content (AvgIpc) is 2.44. The molecular formula is C15H22ClNO4. The van der Waals surface area contributed by atoms with Crippen molar-refractivity contribution in [2.45, 2.75) is 26.0 Å². The lowest BCUT2D eigenvalue weighted by Gasteiger charge is -2.21. The van der Waals surface area contributed by atoms with E-state index in [1.165, 1.54) is 7.11 Å². The van der Waals surface area contributed by atoms with Gasteiger partial charge in [-0.1, -0.05) is 31.5 Å². The minimum absolute atomic E-state index is 0.0681. The number of rotatable bonds is 8. The lowest BCUT2D eigenvalue weighted by Crippen LogP contribution is -2.45. The first-order chi connectivity index (χ1) is 9.93. The van der Waals surface area contributed by atoms with Gasteiger partial charge in [0.1, 0.15) is 24.5 Å². The zero-order chi connectivity index (χ0) is 15.8. The first-order valence-electron chi connectivity index (χ1n) is 6.81. The summed E-state index contributed by atoms with van der Waals surface area (Å²) in [5, 5.41) is 13.5. The van der Waals surface area contributed by atoms with Gasteiger partial charge in [-0.2, -0.15) is 0 Å². The summed E-state index contributed by atoms with van der Waals surface area (Å²) in [6, 6.07) is 6.50. The van der Waals surface area contributed by atoms with Gasteiger partial charge in [-0.05, 0) is 24.1 Å². The van der Waals surface area contributed by atoms with Crippen molar-refractivity contribution in [2.75, 3.05) is 20.3 Å². The number of carbonyl (C=O) groups is 1. The van der Waals surface area contributed by atoms with Crippen LogP contribution in [0.4, 0.5) is 0 Å². The first kappa shape index (κ1) is 17.8. The van der Waals surface area contributed by atoms with Crippen LogP contribution in [0.15, 0.2) is 24.3 Å². The Morgan fingerprint density at radius 2 is 2.14 bits per heavy atom. The largest absolute Gasteiger partial charge is 0.491 e. The van der Waals surface area contributed by atoms with E-state index < -0.39 is 12.1 Å². The molecule has 0 spiro atoms. The van der Waals surface area contributed by atoms with E-state index in [0.717, 1.165) is 0 Å². The molecule has 0 bridgehead atoms. The Balaban J connectivity index is 2.39. The molecule has 0 amide bonds. The second-order valence-corrected chi connectivity index (χ2v) is 5.51. The highest BCUT2D eigenvalue weighted by atomic mass is 35.5. The van der Waals surface area contributed by atoms with Crippen molar-refractivity contribution in [1.29, 1.82) is 0 Å². The Morgan fingerprint density at radius 1 is 1.43 bits per heavy atom. The number of nitrogens with one attached hydrogen (secondary N) is 1. The Bertz CT molecular complexity index is 453. The van der Waals surface area contributed by atoms with Gasteiger partial charge in [0.05, 0.1) is 7.11 Å². The van der Waals surface area contributed by atoms with Crippen molar-refractivity contribution in [3.63, 3.8) is 0 Å². The number of aliphatic hydroxyl groups is 1. The summed E-state index contributed by atoms with van der Waals surface area (Å²) in [6.45, 7) is 4.16. The Hall–Kier alpha value is -1.30. The third kappa shape index (κ3) is 6.33. The molecule has 0 aliphatic heterocycles. The SMILES string of the molecule is COC(=O)C(NCC(O)COc1cccc(Cl)c1)C(C)C. The molecule has 2 atom stereocenters. The van der Waals surface area contributed by atoms with Crippen molar-refractivity contribution >= 4 is 17.6 Å². The summed E-state index contributed by atoms with van der Waals surface area (Å²) in [6.07, 6.45) is -0.741. The van der Waals surface area contributed by atoms with Crippen LogP contribution < -0.4 is 10.1 Å². The quantitative estimate of drug-likeness (QED) is 0.717. The van der Waals surface area contributed by atoms with Crippen LogP contribution in [0.1, 0.15) is 13.8 Å². The van der Waals surface area contributed by atoms with Crippen LogP contribution in [0.3, 0.4) is 0 Å². The summed E-state index contributed by atoms with van der Waals surface area (Å²) in [4.78, 5) is 11.6. The third-order valence-electron chi connectivity index (χ3n) is 2.93. The van der Waals surface area contributed by atoms with E-state index in [1.54, 1.807) is 24.3 Å². The van der Waals surface area contributed by atoms with Gasteiger partial charge in [0.25, 0.3) is 0 Å². The molecule has 0 radical (unpaired) electrons. The molecule has 0 aliphatic carbocycles. The van der Waals surface area contributed by atoms with E-state index in [9.17, 15) is 9.90 Å². The monoisotopic (exact) mass is 315 g/mol. The molecule has 0 fully saturated rings. The summed E-state index contributed by atoms with van der Waals surface area (Å²) in [5.41, 5.74) is 0. The maximum absolute atomic E-state index is 11.6. The van der Waals surface area contributed by atoms with Gasteiger partial charge < -0.3 is 19.9 Å². The predicted octanol–water partition coefficient (Wildman–Crippen LogP) is 1.87. The molecule has 2 N–H and O–H groups in total.